The summed E-state index contributed by atoms with van der Waals surface area (Å²) in [5.41, 5.74) is -27.8. The molecule has 30 heteroatoms. The first-order valence-electron chi connectivity index (χ1n) is 21.8. The summed E-state index contributed by atoms with van der Waals surface area (Å²) in [6.07, 6.45) is -35.0. The number of sulfonamides is 2. The number of fused-ring (bicyclic) bond motifs is 10. The Kier molecular flexibility index (Phi) is 12.1. The summed E-state index contributed by atoms with van der Waals surface area (Å²) in [6, 6.07) is 2.88. The summed E-state index contributed by atoms with van der Waals surface area (Å²) >= 11 is 0. The Hall–Kier alpha value is -3.35. The second-order valence-electron chi connectivity index (χ2n) is 19.6. The molecule has 6 fully saturated rings. The van der Waals surface area contributed by atoms with Crippen molar-refractivity contribution in [3.8, 4) is 0 Å². The van der Waals surface area contributed by atoms with E-state index in [-0.39, 0.29) is 62.6 Å². The number of hydrogen-bond acceptors (Lipinski definition) is 8. The van der Waals surface area contributed by atoms with E-state index in [4.69, 9.17) is 18.9 Å². The van der Waals surface area contributed by atoms with Crippen LogP contribution >= 0.6 is 10.2 Å². The van der Waals surface area contributed by atoms with E-state index < -0.39 is 180 Å². The molecule has 0 N–H and O–H groups in total. The topological polar surface area (TPSA) is 108 Å². The molecule has 0 aromatic heterocycles. The van der Waals surface area contributed by atoms with Gasteiger partial charge in [0.15, 0.2) is 10.8 Å². The molecule has 8 unspecified atom stereocenters. The summed E-state index contributed by atoms with van der Waals surface area (Å²) in [5.74, 6) is -4.84. The molecular formula is C42H39F18NO8S3. The van der Waals surface area contributed by atoms with Crippen LogP contribution in [0.1, 0.15) is 51.4 Å². The highest BCUT2D eigenvalue weighted by Gasteiger charge is 2.76. The molecule has 4 saturated carbocycles. The van der Waals surface area contributed by atoms with Crippen LogP contribution in [0.2, 0.25) is 0 Å². The third-order valence-corrected chi connectivity index (χ3v) is 25.0. The second kappa shape index (κ2) is 16.3. The maximum absolute atomic E-state index is 15.3. The first-order chi connectivity index (χ1) is 32.9. The van der Waals surface area contributed by atoms with E-state index in [9.17, 15) is 16.8 Å². The Morgan fingerprint density at radius 3 is 1.21 bits per heavy atom. The van der Waals surface area contributed by atoms with Crippen molar-refractivity contribution >= 4 is 30.3 Å². The van der Waals surface area contributed by atoms with Crippen LogP contribution in [-0.4, -0.2) is 94.3 Å². The van der Waals surface area contributed by atoms with E-state index in [0.29, 0.717) is 37.1 Å². The molecule has 0 radical (unpaired) electrons. The minimum atomic E-state index is -8.41. The molecular weight excluding hydrogens is 1080 g/mol. The molecule has 6 aliphatic carbocycles. The van der Waals surface area contributed by atoms with Gasteiger partial charge in [-0.15, -0.1) is 0 Å². The largest absolute Gasteiger partial charge is 0.513 e. The number of alkyl halides is 18. The molecule has 8 aliphatic rings. The van der Waals surface area contributed by atoms with Crippen LogP contribution in [0.5, 0.6) is 0 Å². The van der Waals surface area contributed by atoms with Gasteiger partial charge in [0.05, 0.1) is 48.4 Å². The fourth-order valence-electron chi connectivity index (χ4n) is 12.3. The molecule has 1 aromatic rings. The lowest BCUT2D eigenvalue weighted by molar-refractivity contribution is -0.324. The van der Waals surface area contributed by atoms with Gasteiger partial charge in [0, 0.05) is 40.4 Å². The fraction of sp³-hybridized carbons (Fsp3) is 0.667. The Labute approximate surface area is 399 Å². The fourth-order valence-corrected chi connectivity index (χ4v) is 21.8. The van der Waals surface area contributed by atoms with Gasteiger partial charge in [-0.1, -0.05) is 40.6 Å². The third kappa shape index (κ3) is 7.43. The van der Waals surface area contributed by atoms with E-state index in [1.54, 1.807) is 0 Å². The molecule has 2 heterocycles. The van der Waals surface area contributed by atoms with Crippen molar-refractivity contribution in [2.75, 3.05) is 26.4 Å². The zero-order valence-corrected chi connectivity index (χ0v) is 38.8. The smallest absolute Gasteiger partial charge is 0.496 e. The van der Waals surface area contributed by atoms with Gasteiger partial charge in [-0.3, -0.25) is 0 Å². The first-order valence-corrected chi connectivity index (χ1v) is 26.3. The molecule has 2 saturated heterocycles. The second-order valence-corrected chi connectivity index (χ2v) is 26.8. The molecule has 4 bridgehead atoms. The standard InChI is InChI=1S/C42H39F18NO8S3/c43-37(44,45)35(38(46,47)48)12-8-29(27(16-35)68-20-33-10-6-22(14-33)25-18-66-31(25)33)70(24-4-2-1-3-5-24,61(71(62,63)41(55,56)57)72(64,65)42(58,59)60)30-9-13-36(39(49,50)51,40(52,53)54)17-28(30)69-21-34-11-7-23(15-34)26-19-67-32(26)34/h1-5,8-9,12-13,22-23,25-26,31-32H,6-7,10-11,14-21H2. The summed E-state index contributed by atoms with van der Waals surface area (Å²) in [7, 11) is -23.4. The quantitative estimate of drug-likeness (QED) is 0.190. The first kappa shape index (κ1) is 53.5. The van der Waals surface area contributed by atoms with Gasteiger partial charge in [0.25, 0.3) is 0 Å². The predicted molar refractivity (Wildman–Crippen MR) is 213 cm³/mol. The highest BCUT2D eigenvalue weighted by Crippen LogP contribution is 2.79. The van der Waals surface area contributed by atoms with Crippen LogP contribution < -0.4 is 0 Å². The average molecular weight is 1120 g/mol. The van der Waals surface area contributed by atoms with E-state index >= 15 is 79.0 Å². The van der Waals surface area contributed by atoms with Crippen molar-refractivity contribution in [1.82, 2.24) is 3.12 Å². The van der Waals surface area contributed by atoms with Gasteiger partial charge in [-0.25, -0.2) is 16.8 Å². The number of nitrogens with zero attached hydrogens (tertiary/aromatic N) is 1. The normalized spacial score (nSPS) is 33.6. The van der Waals surface area contributed by atoms with Crippen molar-refractivity contribution in [3.63, 3.8) is 0 Å². The molecule has 8 atom stereocenters. The van der Waals surface area contributed by atoms with Gasteiger partial charge in [-0.2, -0.15) is 79.0 Å². The molecule has 0 spiro atoms. The Balaban J connectivity index is 1.43. The number of halogens is 18. The zero-order chi connectivity index (χ0) is 53.1. The summed E-state index contributed by atoms with van der Waals surface area (Å²) in [4.78, 5) is -5.47. The SMILES string of the molecule is O=S(=O)(N(S(C1=C(OCC23CCC(C2)C2COC23)CC(C(F)(F)F)(C(F)(F)F)C=C1)(C1=C(OCC23CCC(C2)C2COC23)CC(C(F)(F)F)(C(F)(F)F)C=C1)c1ccccc1)S(=O)(=O)C(F)(F)F)C(F)(F)F. The van der Waals surface area contributed by atoms with E-state index in [1.807, 2.05) is 0 Å². The van der Waals surface area contributed by atoms with Crippen molar-refractivity contribution in [3.05, 3.63) is 76.0 Å². The maximum Gasteiger partial charge on any atom is 0.513 e. The minimum Gasteiger partial charge on any atom is -0.496 e. The highest BCUT2D eigenvalue weighted by atomic mass is 32.4. The van der Waals surface area contributed by atoms with Crippen molar-refractivity contribution in [1.29, 1.82) is 0 Å². The molecule has 404 valence electrons. The van der Waals surface area contributed by atoms with Crippen LogP contribution in [0.4, 0.5) is 79.0 Å². The minimum absolute atomic E-state index is 0.0473. The lowest BCUT2D eigenvalue weighted by atomic mass is 9.75. The predicted octanol–water partition coefficient (Wildman–Crippen LogP) is 12.0. The Bertz CT molecular complexity index is 2520. The highest BCUT2D eigenvalue weighted by molar-refractivity contribution is 8.46. The van der Waals surface area contributed by atoms with Gasteiger partial charge >= 0.3 is 55.8 Å². The monoisotopic (exact) mass is 1120 g/mol. The molecule has 9 nitrogen and oxygen atoms in total. The zero-order valence-electron chi connectivity index (χ0n) is 36.4. The average Bonchev–Trinajstić information content (AvgIpc) is 3.92. The molecule has 0 amide bonds. The molecule has 9 rings (SSSR count). The van der Waals surface area contributed by atoms with Crippen LogP contribution in [0, 0.1) is 45.3 Å². The van der Waals surface area contributed by atoms with Gasteiger partial charge < -0.3 is 18.9 Å². The molecule has 72 heavy (non-hydrogen) atoms. The number of benzene rings is 1. The molecule has 2 aliphatic heterocycles. The van der Waals surface area contributed by atoms with Crippen LogP contribution in [0.3, 0.4) is 0 Å². The lowest BCUT2D eigenvalue weighted by Crippen LogP contribution is -2.54. The lowest BCUT2D eigenvalue weighted by Gasteiger charge is -2.52. The third-order valence-electron chi connectivity index (χ3n) is 16.0. The Morgan fingerprint density at radius 2 is 0.917 bits per heavy atom. The molecule has 1 aromatic carbocycles. The number of hydrogen-bond donors (Lipinski definition) is 0. The van der Waals surface area contributed by atoms with E-state index in [0.717, 1.165) is 6.07 Å². The Morgan fingerprint density at radius 1 is 0.556 bits per heavy atom. The number of allylic oxidation sites excluding steroid dienone is 6. The number of rotatable bonds is 12. The van der Waals surface area contributed by atoms with Crippen molar-refractivity contribution in [2.24, 2.45) is 45.3 Å². The maximum atomic E-state index is 15.3. The van der Waals surface area contributed by atoms with Gasteiger partial charge in [0.1, 0.15) is 11.5 Å². The van der Waals surface area contributed by atoms with E-state index in [1.165, 1.54) is 0 Å². The van der Waals surface area contributed by atoms with Crippen LogP contribution in [0.15, 0.2) is 80.9 Å². The van der Waals surface area contributed by atoms with Gasteiger partial charge in [0.2, 0.25) is 0 Å². The van der Waals surface area contributed by atoms with Crippen LogP contribution in [-0.2, 0) is 39.0 Å². The van der Waals surface area contributed by atoms with Crippen molar-refractivity contribution in [2.45, 2.75) is 104 Å². The summed E-state index contributed by atoms with van der Waals surface area (Å²) < 4.78 is 351. The summed E-state index contributed by atoms with van der Waals surface area (Å²) in [6.45, 7) is -1.89. The summed E-state index contributed by atoms with van der Waals surface area (Å²) in [5, 5.41) is 0. The van der Waals surface area contributed by atoms with Gasteiger partial charge in [-0.05, 0) is 77.8 Å². The number of ether oxygens (including phenoxy) is 4. The van der Waals surface area contributed by atoms with Crippen molar-refractivity contribution < 1.29 is 115 Å². The van der Waals surface area contributed by atoms with Crippen LogP contribution in [0.25, 0.3) is 0 Å². The van der Waals surface area contributed by atoms with E-state index in [2.05, 4.69) is 0 Å².